The van der Waals surface area contributed by atoms with Crippen LogP contribution in [0.1, 0.15) is 20.3 Å². The summed E-state index contributed by atoms with van der Waals surface area (Å²) in [4.78, 5) is 22.8. The molecular weight excluding hydrogens is 218 g/mol. The van der Waals surface area contributed by atoms with E-state index in [4.69, 9.17) is 5.73 Å². The van der Waals surface area contributed by atoms with Crippen LogP contribution in [0.3, 0.4) is 0 Å². The monoisotopic (exact) mass is 236 g/mol. The molecule has 1 aromatic rings. The molecule has 0 heterocycles. The maximum absolute atomic E-state index is 11.9. The summed E-state index contributed by atoms with van der Waals surface area (Å²) >= 11 is 0. The highest BCUT2D eigenvalue weighted by atomic mass is 16.3. The van der Waals surface area contributed by atoms with Gasteiger partial charge < -0.3 is 5.73 Å². The Morgan fingerprint density at radius 1 is 1.35 bits per heavy atom. The molecule has 0 aromatic heterocycles. The second-order valence-electron chi connectivity index (χ2n) is 4.34. The van der Waals surface area contributed by atoms with Gasteiger partial charge in [0.05, 0.1) is 6.04 Å². The van der Waals surface area contributed by atoms with Crippen molar-refractivity contribution < 1.29 is 10.1 Å². The Labute approximate surface area is 101 Å². The van der Waals surface area contributed by atoms with Crippen molar-refractivity contribution in [3.05, 3.63) is 35.2 Å². The lowest BCUT2D eigenvalue weighted by Crippen LogP contribution is -2.82. The lowest BCUT2D eigenvalue weighted by Gasteiger charge is -2.15. The first kappa shape index (κ1) is 13.3. The zero-order valence-corrected chi connectivity index (χ0v) is 10.1. The molecule has 0 unspecified atom stereocenters. The van der Waals surface area contributed by atoms with Gasteiger partial charge in [-0.15, -0.1) is 0 Å². The highest BCUT2D eigenvalue weighted by Crippen LogP contribution is 2.11. The van der Waals surface area contributed by atoms with Gasteiger partial charge in [-0.3, -0.25) is 4.79 Å². The molecule has 1 aromatic carbocycles. The quantitative estimate of drug-likeness (QED) is 0.715. The van der Waals surface area contributed by atoms with Gasteiger partial charge in [-0.25, -0.2) is 0 Å². The number of nitroso groups, excluding NO2 is 1. The highest BCUT2D eigenvalue weighted by molar-refractivity contribution is 5.94. The van der Waals surface area contributed by atoms with Gasteiger partial charge in [-0.2, -0.15) is 0 Å². The molecular formula is C12H18N3O2+. The number of carbonyl (C=O) groups is 1. The van der Waals surface area contributed by atoms with Crippen molar-refractivity contribution in [1.82, 2.24) is 0 Å². The fraction of sp³-hybridized carbons (Fsp3) is 0.417. The largest absolute Gasteiger partial charge is 0.320 e. The number of benzene rings is 1. The SMILES string of the molecule is CC(C)C[C@H](N)C(=O)N([NH+]=O)c1ccccc1. The standard InChI is InChI=1S/C12H17N3O2/c1-9(2)8-11(13)12(16)15(14-17)10-6-4-3-5-7-10/h3-7,9,11H,8,13H2,1-2H3/p+1/t11-/m0/s1. The maximum Gasteiger partial charge on any atom is 0.304 e. The predicted molar refractivity (Wildman–Crippen MR) is 65.7 cm³/mol. The van der Waals surface area contributed by atoms with E-state index in [1.807, 2.05) is 19.9 Å². The molecule has 0 bridgehead atoms. The fourth-order valence-electron chi connectivity index (χ4n) is 1.58. The lowest BCUT2D eigenvalue weighted by molar-refractivity contribution is -0.484. The minimum atomic E-state index is -0.670. The topological polar surface area (TPSA) is 77.4 Å². The molecule has 3 N–H and O–H groups in total. The summed E-state index contributed by atoms with van der Waals surface area (Å²) in [6.45, 7) is 3.95. The van der Waals surface area contributed by atoms with Gasteiger partial charge in [-0.1, -0.05) is 32.0 Å². The number of nitrogens with zero attached hydrogens (tertiary/aromatic N) is 1. The van der Waals surface area contributed by atoms with E-state index in [-0.39, 0.29) is 0 Å². The van der Waals surface area contributed by atoms with Crippen molar-refractivity contribution in [2.75, 3.05) is 5.01 Å². The van der Waals surface area contributed by atoms with Crippen LogP contribution < -0.4 is 16.0 Å². The van der Waals surface area contributed by atoms with E-state index in [1.54, 1.807) is 29.6 Å². The number of carbonyl (C=O) groups excluding carboxylic acids is 1. The number of para-hydroxylation sites is 1. The highest BCUT2D eigenvalue weighted by Gasteiger charge is 2.27. The number of nitrogens with one attached hydrogen (secondary N) is 1. The average molecular weight is 236 g/mol. The molecule has 0 saturated carbocycles. The minimum absolute atomic E-state index is 0.304. The molecule has 1 atom stereocenters. The number of anilines is 1. The van der Waals surface area contributed by atoms with Gasteiger partial charge in [0.15, 0.2) is 0 Å². The first-order valence-electron chi connectivity index (χ1n) is 5.58. The van der Waals surface area contributed by atoms with E-state index in [0.29, 0.717) is 18.0 Å². The van der Waals surface area contributed by atoms with E-state index in [0.717, 1.165) is 5.01 Å². The van der Waals surface area contributed by atoms with E-state index >= 15 is 0 Å². The number of hydrogen-bond acceptors (Lipinski definition) is 3. The van der Waals surface area contributed by atoms with E-state index in [1.165, 1.54) is 0 Å². The molecule has 0 fully saturated rings. The van der Waals surface area contributed by atoms with Crippen LogP contribution in [0.4, 0.5) is 5.69 Å². The summed E-state index contributed by atoms with van der Waals surface area (Å²) in [7, 11) is 0. The van der Waals surface area contributed by atoms with Crippen molar-refractivity contribution in [3.8, 4) is 0 Å². The summed E-state index contributed by atoms with van der Waals surface area (Å²) in [6.07, 6.45) is 0.545. The first-order valence-corrected chi connectivity index (χ1v) is 5.58. The van der Waals surface area contributed by atoms with Gasteiger partial charge in [0.25, 0.3) is 0 Å². The summed E-state index contributed by atoms with van der Waals surface area (Å²) in [5, 5.41) is 2.56. The maximum atomic E-state index is 11.9. The molecule has 0 saturated heterocycles. The van der Waals surface area contributed by atoms with Crippen molar-refractivity contribution >= 4 is 11.6 Å². The van der Waals surface area contributed by atoms with E-state index in [2.05, 4.69) is 0 Å². The van der Waals surface area contributed by atoms with Crippen molar-refractivity contribution in [1.29, 1.82) is 0 Å². The zero-order valence-electron chi connectivity index (χ0n) is 10.1. The van der Waals surface area contributed by atoms with Crippen molar-refractivity contribution in [2.45, 2.75) is 26.3 Å². The van der Waals surface area contributed by atoms with Crippen LogP contribution in [0, 0.1) is 10.8 Å². The Morgan fingerprint density at radius 3 is 2.41 bits per heavy atom. The van der Waals surface area contributed by atoms with Crippen LogP contribution in [0.25, 0.3) is 0 Å². The molecule has 1 amide bonds. The minimum Gasteiger partial charge on any atom is -0.320 e. The van der Waals surface area contributed by atoms with Crippen LogP contribution in [-0.4, -0.2) is 11.9 Å². The van der Waals surface area contributed by atoms with Crippen LogP contribution in [0.15, 0.2) is 30.3 Å². The normalized spacial score (nSPS) is 12.2. The van der Waals surface area contributed by atoms with Gasteiger partial charge in [0, 0.05) is 4.91 Å². The molecule has 1 rings (SSSR count). The second-order valence-corrected chi connectivity index (χ2v) is 4.34. The second kappa shape index (κ2) is 6.10. The molecule has 0 aliphatic carbocycles. The number of amides is 1. The summed E-state index contributed by atoms with van der Waals surface area (Å²) in [5.41, 5.74) is 6.25. The molecule has 0 spiro atoms. The molecule has 92 valence electrons. The number of rotatable bonds is 5. The van der Waals surface area contributed by atoms with Crippen LogP contribution >= 0.6 is 0 Å². The smallest absolute Gasteiger partial charge is 0.304 e. The Hall–Kier alpha value is -1.75. The fourth-order valence-corrected chi connectivity index (χ4v) is 1.58. The molecule has 5 nitrogen and oxygen atoms in total. The first-order chi connectivity index (χ1) is 8.06. The molecule has 0 radical (unpaired) electrons. The van der Waals surface area contributed by atoms with Crippen LogP contribution in [0.5, 0.6) is 0 Å². The number of hydrogen-bond donors (Lipinski definition) is 2. The third-order valence-corrected chi connectivity index (χ3v) is 2.37. The summed E-state index contributed by atoms with van der Waals surface area (Å²) in [6, 6.07) is 7.99. The molecule has 0 aliphatic heterocycles. The molecule has 0 aliphatic rings. The third kappa shape index (κ3) is 3.64. The summed E-state index contributed by atoms with van der Waals surface area (Å²) in [5.74, 6) is -0.113. The zero-order chi connectivity index (χ0) is 12.8. The molecule has 17 heavy (non-hydrogen) atoms. The number of hydrazine groups is 1. The van der Waals surface area contributed by atoms with E-state index < -0.39 is 11.9 Å². The van der Waals surface area contributed by atoms with Gasteiger partial charge in [0.1, 0.15) is 11.0 Å². The number of nitrogens with two attached hydrogens (primary N) is 1. The average Bonchev–Trinajstić information content (AvgIpc) is 2.30. The molecule has 5 heteroatoms. The Kier molecular flexibility index (Phi) is 4.78. The Balaban J connectivity index is 2.81. The van der Waals surface area contributed by atoms with Gasteiger partial charge in [0.2, 0.25) is 0 Å². The lowest BCUT2D eigenvalue weighted by atomic mass is 10.0. The Morgan fingerprint density at radius 2 is 1.94 bits per heavy atom. The van der Waals surface area contributed by atoms with Crippen LogP contribution in [0.2, 0.25) is 0 Å². The van der Waals surface area contributed by atoms with Crippen LogP contribution in [-0.2, 0) is 4.79 Å². The van der Waals surface area contributed by atoms with Crippen molar-refractivity contribution in [3.63, 3.8) is 0 Å². The third-order valence-electron chi connectivity index (χ3n) is 2.37. The summed E-state index contributed by atoms with van der Waals surface area (Å²) < 4.78 is 0. The Bertz CT molecular complexity index is 379. The van der Waals surface area contributed by atoms with Gasteiger partial charge >= 0.3 is 5.91 Å². The van der Waals surface area contributed by atoms with Gasteiger partial charge in [-0.05, 0) is 29.5 Å². The van der Waals surface area contributed by atoms with E-state index in [9.17, 15) is 9.70 Å². The predicted octanol–water partition coefficient (Wildman–Crippen LogP) is 0.155. The van der Waals surface area contributed by atoms with Crippen molar-refractivity contribution in [2.24, 2.45) is 11.7 Å².